The van der Waals surface area contributed by atoms with E-state index in [1.165, 1.54) is 0 Å². The molecule has 5 N–H and O–H groups in total. The minimum absolute atomic E-state index is 0.00777. The van der Waals surface area contributed by atoms with Gasteiger partial charge in [-0.2, -0.15) is 0 Å². The molecule has 0 aromatic carbocycles. The summed E-state index contributed by atoms with van der Waals surface area (Å²) in [7, 11) is 0. The van der Waals surface area contributed by atoms with Gasteiger partial charge < -0.3 is 44.9 Å². The number of allylic oxidation sites excluding steroid dienone is 2. The first-order valence-corrected chi connectivity index (χ1v) is 16.1. The van der Waals surface area contributed by atoms with Gasteiger partial charge in [-0.1, -0.05) is 45.1 Å². The largest absolute Gasteiger partial charge is 0.457 e. The van der Waals surface area contributed by atoms with Gasteiger partial charge in [-0.05, 0) is 57.7 Å². The fourth-order valence-electron chi connectivity index (χ4n) is 5.83. The minimum atomic E-state index is -1.15. The van der Waals surface area contributed by atoms with Crippen molar-refractivity contribution >= 4 is 12.1 Å². The molecule has 3 aliphatic heterocycles. The first kappa shape index (κ1) is 36.2. The molecule has 250 valence electrons. The number of rotatable bonds is 9. The third-order valence-corrected chi connectivity index (χ3v) is 8.80. The van der Waals surface area contributed by atoms with Crippen LogP contribution >= 0.6 is 0 Å². The number of hydrogen-bond donors (Lipinski definition) is 5. The third kappa shape index (κ3) is 11.3. The van der Waals surface area contributed by atoms with Crippen molar-refractivity contribution in [3.63, 3.8) is 0 Å². The van der Waals surface area contributed by atoms with Gasteiger partial charge in [-0.15, -0.1) is 0 Å². The van der Waals surface area contributed by atoms with E-state index in [1.54, 1.807) is 42.2 Å². The molecule has 11 nitrogen and oxygen atoms in total. The van der Waals surface area contributed by atoms with Crippen LogP contribution in [0, 0.1) is 11.8 Å². The summed E-state index contributed by atoms with van der Waals surface area (Å²) in [6, 6.07) is 0. The lowest BCUT2D eigenvalue weighted by Crippen LogP contribution is -2.40. The molecule has 2 saturated heterocycles. The Balaban J connectivity index is 1.71. The Hall–Kier alpha value is -2.28. The predicted octanol–water partition coefficient (Wildman–Crippen LogP) is 2.61. The zero-order chi connectivity index (χ0) is 32.4. The molecule has 44 heavy (non-hydrogen) atoms. The van der Waals surface area contributed by atoms with E-state index >= 15 is 0 Å². The molecule has 0 aliphatic carbocycles. The van der Waals surface area contributed by atoms with Crippen molar-refractivity contribution < 1.29 is 44.2 Å². The monoisotopic (exact) mass is 622 g/mol. The second-order valence-corrected chi connectivity index (χ2v) is 12.9. The maximum Gasteiger partial charge on any atom is 0.410 e. The third-order valence-electron chi connectivity index (χ3n) is 8.80. The van der Waals surface area contributed by atoms with E-state index in [0.717, 1.165) is 13.0 Å². The Bertz CT molecular complexity index is 1020. The van der Waals surface area contributed by atoms with Crippen LogP contribution in [0.4, 0.5) is 4.79 Å². The van der Waals surface area contributed by atoms with Crippen LogP contribution in [0.5, 0.6) is 0 Å². The number of cyclic esters (lactones) is 1. The van der Waals surface area contributed by atoms with Gasteiger partial charge >= 0.3 is 12.1 Å². The van der Waals surface area contributed by atoms with Crippen LogP contribution in [0.3, 0.4) is 0 Å². The number of ether oxygens (including phenoxy) is 3. The molecule has 10 atom stereocenters. The zero-order valence-corrected chi connectivity index (χ0v) is 26.9. The Morgan fingerprint density at radius 2 is 2.00 bits per heavy atom. The molecule has 0 bridgehead atoms. The molecule has 2 fully saturated rings. The van der Waals surface area contributed by atoms with Crippen molar-refractivity contribution in [2.45, 2.75) is 121 Å². The lowest BCUT2D eigenvalue weighted by Gasteiger charge is -2.28. The first-order chi connectivity index (χ1) is 20.8. The lowest BCUT2D eigenvalue weighted by atomic mass is 9.91. The molecule has 3 heterocycles. The molecular weight excluding hydrogens is 568 g/mol. The van der Waals surface area contributed by atoms with E-state index < -0.39 is 48.2 Å². The van der Waals surface area contributed by atoms with E-state index in [4.69, 9.17) is 14.2 Å². The van der Waals surface area contributed by atoms with Gasteiger partial charge in [0, 0.05) is 37.9 Å². The van der Waals surface area contributed by atoms with Crippen LogP contribution in [-0.4, -0.2) is 112 Å². The van der Waals surface area contributed by atoms with E-state index in [2.05, 4.69) is 5.32 Å². The summed E-state index contributed by atoms with van der Waals surface area (Å²) in [6.07, 6.45) is 5.61. The molecule has 0 saturated carbocycles. The Morgan fingerprint density at radius 1 is 1.25 bits per heavy atom. The average molecular weight is 623 g/mol. The maximum absolute atomic E-state index is 12.9. The molecule has 1 amide bonds. The van der Waals surface area contributed by atoms with Gasteiger partial charge in [0.1, 0.15) is 12.2 Å². The van der Waals surface area contributed by atoms with Crippen LogP contribution in [0.2, 0.25) is 0 Å². The van der Waals surface area contributed by atoms with Crippen molar-refractivity contribution in [1.82, 2.24) is 10.2 Å². The van der Waals surface area contributed by atoms with E-state index in [-0.39, 0.29) is 43.3 Å². The van der Waals surface area contributed by atoms with Gasteiger partial charge in [-0.25, -0.2) is 4.79 Å². The summed E-state index contributed by atoms with van der Waals surface area (Å²) >= 11 is 0. The highest BCUT2D eigenvalue weighted by Gasteiger charge is 2.47. The van der Waals surface area contributed by atoms with Gasteiger partial charge in [0.25, 0.3) is 0 Å². The van der Waals surface area contributed by atoms with Gasteiger partial charge in [0.05, 0.1) is 42.5 Å². The molecular formula is C33H54N2O9. The summed E-state index contributed by atoms with van der Waals surface area (Å²) in [6.45, 7) is 11.8. The van der Waals surface area contributed by atoms with Crippen LogP contribution in [0.15, 0.2) is 36.0 Å². The smallest absolute Gasteiger partial charge is 0.410 e. The van der Waals surface area contributed by atoms with Crippen LogP contribution < -0.4 is 5.32 Å². The fraction of sp³-hybridized carbons (Fsp3) is 0.758. The Labute approximate surface area is 261 Å². The number of carbonyl (C=O) groups excluding carboxylic acids is 2. The van der Waals surface area contributed by atoms with Crippen molar-refractivity contribution in [3.8, 4) is 0 Å². The van der Waals surface area contributed by atoms with Crippen molar-refractivity contribution in [2.75, 3.05) is 26.2 Å². The summed E-state index contributed by atoms with van der Waals surface area (Å²) in [5.41, 5.74) is -0.441. The summed E-state index contributed by atoms with van der Waals surface area (Å²) in [4.78, 5) is 27.3. The van der Waals surface area contributed by atoms with Crippen molar-refractivity contribution in [1.29, 1.82) is 0 Å². The summed E-state index contributed by atoms with van der Waals surface area (Å²) in [5, 5.41) is 45.7. The molecule has 3 aliphatic rings. The molecule has 3 rings (SSSR count). The molecule has 10 unspecified atom stereocenters. The van der Waals surface area contributed by atoms with Crippen LogP contribution in [0.1, 0.15) is 73.1 Å². The standard InChI is InChI=1S/C33H54N2O9/c1-6-25(37)23(4)31-28(42-31)20-33(5,41)14-7-9-21(2)30-22(3)10-13-27(26(38)12-11-24(36)19-29(39)44-30)43-32(40)35-17-8-15-34-16-18-35/h7,9-10,13-14,22-28,30-31,34,36-38,41H,6,8,11-12,15-20H2,1-5H3/b13-10+,14-7+,21-9+. The van der Waals surface area contributed by atoms with Crippen LogP contribution in [0.25, 0.3) is 0 Å². The normalized spacial score (nSPS) is 34.5. The number of nitrogens with one attached hydrogen (secondary N) is 1. The van der Waals surface area contributed by atoms with E-state index in [1.807, 2.05) is 27.7 Å². The Kier molecular flexibility index (Phi) is 13.9. The number of hydrogen-bond acceptors (Lipinski definition) is 10. The number of amides is 1. The van der Waals surface area contributed by atoms with Crippen LogP contribution in [-0.2, 0) is 19.0 Å². The summed E-state index contributed by atoms with van der Waals surface area (Å²) in [5.74, 6) is -0.921. The zero-order valence-electron chi connectivity index (χ0n) is 26.9. The first-order valence-electron chi connectivity index (χ1n) is 16.1. The molecule has 0 aromatic rings. The second kappa shape index (κ2) is 16.9. The lowest BCUT2D eigenvalue weighted by molar-refractivity contribution is -0.151. The fourth-order valence-corrected chi connectivity index (χ4v) is 5.83. The number of esters is 1. The average Bonchev–Trinajstić information content (AvgIpc) is 3.77. The number of aliphatic hydroxyl groups is 4. The van der Waals surface area contributed by atoms with Crippen molar-refractivity contribution in [3.05, 3.63) is 36.0 Å². The highest BCUT2D eigenvalue weighted by molar-refractivity contribution is 5.70. The maximum atomic E-state index is 12.9. The molecule has 0 radical (unpaired) electrons. The minimum Gasteiger partial charge on any atom is -0.457 e. The second-order valence-electron chi connectivity index (χ2n) is 12.9. The predicted molar refractivity (Wildman–Crippen MR) is 166 cm³/mol. The van der Waals surface area contributed by atoms with E-state index in [0.29, 0.717) is 38.0 Å². The Morgan fingerprint density at radius 3 is 2.73 bits per heavy atom. The SMILES string of the molecule is CCC(O)C(C)C1OC1CC(C)(O)/C=C/C=C(\C)C1OC(=O)CC(O)CCC(O)C(OC(=O)N2CCCNCC2)/C=C/C1C. The molecule has 11 heteroatoms. The highest BCUT2D eigenvalue weighted by Crippen LogP contribution is 2.37. The van der Waals surface area contributed by atoms with Crippen molar-refractivity contribution in [2.24, 2.45) is 11.8 Å². The number of aliphatic hydroxyl groups excluding tert-OH is 3. The number of carbonyl (C=O) groups is 2. The molecule has 0 spiro atoms. The summed E-state index contributed by atoms with van der Waals surface area (Å²) < 4.78 is 17.3. The quantitative estimate of drug-likeness (QED) is 0.112. The topological polar surface area (TPSA) is 161 Å². The molecule has 0 aromatic heterocycles. The van der Waals surface area contributed by atoms with Gasteiger partial charge in [0.15, 0.2) is 0 Å². The van der Waals surface area contributed by atoms with Gasteiger partial charge in [-0.3, -0.25) is 4.79 Å². The highest BCUT2D eigenvalue weighted by atomic mass is 16.6. The van der Waals surface area contributed by atoms with Gasteiger partial charge in [0.2, 0.25) is 0 Å². The number of nitrogens with zero attached hydrogens (tertiary/aromatic N) is 1. The number of epoxide rings is 1. The van der Waals surface area contributed by atoms with E-state index in [9.17, 15) is 30.0 Å².